The van der Waals surface area contributed by atoms with Crippen molar-refractivity contribution in [1.82, 2.24) is 4.98 Å². The first-order chi connectivity index (χ1) is 13.4. The van der Waals surface area contributed by atoms with Crippen LogP contribution in [0.3, 0.4) is 0 Å². The van der Waals surface area contributed by atoms with Crippen LogP contribution in [0, 0.1) is 18.6 Å². The van der Waals surface area contributed by atoms with Crippen LogP contribution in [-0.2, 0) is 9.53 Å². The Morgan fingerprint density at radius 2 is 1.79 bits per heavy atom. The summed E-state index contributed by atoms with van der Waals surface area (Å²) in [5, 5.41) is 2.94. The van der Waals surface area contributed by atoms with E-state index in [4.69, 9.17) is 9.47 Å². The highest BCUT2D eigenvalue weighted by Crippen LogP contribution is 2.22. The molecule has 3 aromatic rings. The smallest absolute Gasteiger partial charge is 0.340 e. The predicted octanol–water partition coefficient (Wildman–Crippen LogP) is 3.63. The number of nitrogens with one attached hydrogen (secondary N) is 1. The van der Waals surface area contributed by atoms with Crippen LogP contribution >= 0.6 is 0 Å². The highest BCUT2D eigenvalue weighted by Gasteiger charge is 2.15. The first-order valence-electron chi connectivity index (χ1n) is 8.24. The van der Waals surface area contributed by atoms with Crippen LogP contribution in [0.4, 0.5) is 14.5 Å². The van der Waals surface area contributed by atoms with Crippen LogP contribution < -0.4 is 10.1 Å². The number of pyridine rings is 1. The number of ether oxygens (including phenoxy) is 2. The van der Waals surface area contributed by atoms with Gasteiger partial charge in [-0.05, 0) is 43.3 Å². The lowest BCUT2D eigenvalue weighted by Gasteiger charge is -2.10. The Labute approximate surface area is 159 Å². The van der Waals surface area contributed by atoms with Gasteiger partial charge in [0.1, 0.15) is 17.4 Å². The minimum absolute atomic E-state index is 0.0748. The third-order valence-corrected chi connectivity index (χ3v) is 3.91. The number of rotatable bonds is 5. The van der Waals surface area contributed by atoms with Crippen LogP contribution in [-0.4, -0.2) is 30.6 Å². The third-order valence-electron chi connectivity index (χ3n) is 3.91. The van der Waals surface area contributed by atoms with E-state index in [1.54, 1.807) is 31.2 Å². The largest absolute Gasteiger partial charge is 0.497 e. The molecule has 28 heavy (non-hydrogen) atoms. The molecule has 144 valence electrons. The fraction of sp³-hybridized carbons (Fsp3) is 0.150. The van der Waals surface area contributed by atoms with E-state index >= 15 is 0 Å². The number of methoxy groups -OCH3 is 1. The summed E-state index contributed by atoms with van der Waals surface area (Å²) in [5.74, 6) is -2.53. The average Bonchev–Trinajstić information content (AvgIpc) is 2.64. The number of carbonyl (C=O) groups excluding carboxylic acids is 2. The number of benzene rings is 2. The zero-order valence-electron chi connectivity index (χ0n) is 15.1. The van der Waals surface area contributed by atoms with Crippen molar-refractivity contribution < 1.29 is 27.8 Å². The summed E-state index contributed by atoms with van der Waals surface area (Å²) in [7, 11) is 1.53. The maximum absolute atomic E-state index is 13.1. The fourth-order valence-electron chi connectivity index (χ4n) is 2.62. The van der Waals surface area contributed by atoms with Crippen molar-refractivity contribution in [3.05, 3.63) is 65.4 Å². The lowest BCUT2D eigenvalue weighted by Crippen LogP contribution is -2.21. The minimum atomic E-state index is -0.833. The van der Waals surface area contributed by atoms with Crippen molar-refractivity contribution in [1.29, 1.82) is 0 Å². The fourth-order valence-corrected chi connectivity index (χ4v) is 2.62. The molecule has 0 atom stereocenters. The van der Waals surface area contributed by atoms with E-state index in [9.17, 15) is 18.4 Å². The second-order valence-corrected chi connectivity index (χ2v) is 5.96. The van der Waals surface area contributed by atoms with Crippen molar-refractivity contribution >= 4 is 28.5 Å². The third kappa shape index (κ3) is 4.40. The Kier molecular flexibility index (Phi) is 5.49. The lowest BCUT2D eigenvalue weighted by atomic mass is 10.1. The minimum Gasteiger partial charge on any atom is -0.497 e. The molecule has 0 unspecified atom stereocenters. The summed E-state index contributed by atoms with van der Waals surface area (Å²) in [6.07, 6.45) is 0. The van der Waals surface area contributed by atoms with Crippen molar-refractivity contribution in [3.63, 3.8) is 0 Å². The molecule has 1 heterocycles. The van der Waals surface area contributed by atoms with Gasteiger partial charge in [0.15, 0.2) is 6.61 Å². The van der Waals surface area contributed by atoms with Crippen molar-refractivity contribution in [2.24, 2.45) is 0 Å². The summed E-state index contributed by atoms with van der Waals surface area (Å²) in [4.78, 5) is 28.6. The average molecular weight is 386 g/mol. The number of aromatic nitrogens is 1. The zero-order chi connectivity index (χ0) is 20.3. The number of fused-ring (bicyclic) bond motifs is 1. The number of carbonyl (C=O) groups is 2. The Balaban J connectivity index is 1.70. The second-order valence-electron chi connectivity index (χ2n) is 5.96. The highest BCUT2D eigenvalue weighted by atomic mass is 19.1. The first kappa shape index (κ1) is 19.2. The van der Waals surface area contributed by atoms with Gasteiger partial charge >= 0.3 is 5.97 Å². The Morgan fingerprint density at radius 3 is 2.46 bits per heavy atom. The molecule has 1 N–H and O–H groups in total. The maximum atomic E-state index is 13.1. The molecule has 0 aliphatic carbocycles. The molecular formula is C20H16F2N2O4. The normalized spacial score (nSPS) is 10.6. The van der Waals surface area contributed by atoms with E-state index in [0.717, 1.165) is 12.1 Å². The predicted molar refractivity (Wildman–Crippen MR) is 98.3 cm³/mol. The molecule has 1 aromatic heterocycles. The molecule has 0 aliphatic heterocycles. The number of amides is 1. The number of anilines is 1. The highest BCUT2D eigenvalue weighted by molar-refractivity contribution is 5.98. The summed E-state index contributed by atoms with van der Waals surface area (Å²) >= 11 is 0. The topological polar surface area (TPSA) is 77.5 Å². The van der Waals surface area contributed by atoms with Gasteiger partial charge in [-0.1, -0.05) is 0 Å². The number of esters is 1. The van der Waals surface area contributed by atoms with Crippen molar-refractivity contribution in [3.8, 4) is 5.75 Å². The van der Waals surface area contributed by atoms with Gasteiger partial charge in [0, 0.05) is 17.1 Å². The molecular weight excluding hydrogens is 370 g/mol. The van der Waals surface area contributed by atoms with Gasteiger partial charge in [-0.2, -0.15) is 0 Å². The van der Waals surface area contributed by atoms with E-state index in [1.165, 1.54) is 7.11 Å². The summed E-state index contributed by atoms with van der Waals surface area (Å²) < 4.78 is 36.4. The lowest BCUT2D eigenvalue weighted by molar-refractivity contribution is -0.119. The van der Waals surface area contributed by atoms with Gasteiger partial charge in [0.05, 0.1) is 23.9 Å². The number of halogens is 2. The van der Waals surface area contributed by atoms with Gasteiger partial charge in [0.2, 0.25) is 0 Å². The Hall–Kier alpha value is -3.55. The van der Waals surface area contributed by atoms with Gasteiger partial charge in [-0.15, -0.1) is 0 Å². The zero-order valence-corrected chi connectivity index (χ0v) is 15.1. The Morgan fingerprint density at radius 1 is 1.07 bits per heavy atom. The molecule has 0 aliphatic rings. The molecule has 0 fully saturated rings. The molecule has 0 bridgehead atoms. The molecule has 6 nitrogen and oxygen atoms in total. The molecule has 0 saturated heterocycles. The van der Waals surface area contributed by atoms with Crippen LogP contribution in [0.25, 0.3) is 10.9 Å². The molecule has 0 radical (unpaired) electrons. The van der Waals surface area contributed by atoms with Gasteiger partial charge < -0.3 is 14.8 Å². The summed E-state index contributed by atoms with van der Waals surface area (Å²) in [5.41, 5.74) is 1.25. The van der Waals surface area contributed by atoms with Gasteiger partial charge in [0.25, 0.3) is 5.91 Å². The molecule has 0 spiro atoms. The van der Waals surface area contributed by atoms with Crippen LogP contribution in [0.2, 0.25) is 0 Å². The van der Waals surface area contributed by atoms with Crippen molar-refractivity contribution in [2.75, 3.05) is 19.0 Å². The monoisotopic (exact) mass is 386 g/mol. The Bertz CT molecular complexity index is 1050. The van der Waals surface area contributed by atoms with Gasteiger partial charge in [-0.25, -0.2) is 13.6 Å². The number of aryl methyl sites for hydroxylation is 1. The second kappa shape index (κ2) is 7.99. The van der Waals surface area contributed by atoms with E-state index < -0.39 is 30.1 Å². The summed E-state index contributed by atoms with van der Waals surface area (Å²) in [6.45, 7) is 1.03. The molecule has 2 aromatic carbocycles. The van der Waals surface area contributed by atoms with E-state index in [-0.39, 0.29) is 11.3 Å². The van der Waals surface area contributed by atoms with Gasteiger partial charge in [-0.3, -0.25) is 9.78 Å². The van der Waals surface area contributed by atoms with E-state index in [1.807, 2.05) is 0 Å². The SMILES string of the molecule is COc1ccc2nc(C)c(C(=O)OCC(=O)Nc3cc(F)cc(F)c3)cc2c1. The van der Waals surface area contributed by atoms with Crippen molar-refractivity contribution in [2.45, 2.75) is 6.92 Å². The van der Waals surface area contributed by atoms with E-state index in [0.29, 0.717) is 28.4 Å². The maximum Gasteiger partial charge on any atom is 0.340 e. The molecule has 0 saturated carbocycles. The van der Waals surface area contributed by atoms with Crippen LogP contribution in [0.5, 0.6) is 5.75 Å². The standard InChI is InChI=1S/C20H16F2N2O4/c1-11-17(6-12-5-16(27-2)3-4-18(12)23-11)20(26)28-10-19(25)24-15-8-13(21)7-14(22)9-15/h3-9H,10H2,1-2H3,(H,24,25). The summed E-state index contributed by atoms with van der Waals surface area (Å²) in [6, 6.07) is 9.43. The van der Waals surface area contributed by atoms with E-state index in [2.05, 4.69) is 10.3 Å². The number of hydrogen-bond acceptors (Lipinski definition) is 5. The molecule has 3 rings (SSSR count). The number of hydrogen-bond donors (Lipinski definition) is 1. The molecule has 1 amide bonds. The first-order valence-corrected chi connectivity index (χ1v) is 8.24. The molecule has 8 heteroatoms. The van der Waals surface area contributed by atoms with Crippen LogP contribution in [0.1, 0.15) is 16.1 Å². The van der Waals surface area contributed by atoms with Crippen LogP contribution in [0.15, 0.2) is 42.5 Å². The number of nitrogens with zero attached hydrogens (tertiary/aromatic N) is 1. The quantitative estimate of drug-likeness (QED) is 0.678.